The number of nitro groups is 1. The summed E-state index contributed by atoms with van der Waals surface area (Å²) in [6, 6.07) is 2.68. The number of pyridine rings is 1. The van der Waals surface area contributed by atoms with E-state index in [9.17, 15) is 10.1 Å². The maximum atomic E-state index is 10.7. The van der Waals surface area contributed by atoms with E-state index in [0.29, 0.717) is 5.82 Å². The van der Waals surface area contributed by atoms with Gasteiger partial charge in [-0.1, -0.05) is 19.8 Å². The van der Waals surface area contributed by atoms with E-state index in [1.165, 1.54) is 12.1 Å². The number of hydrazine groups is 1. The van der Waals surface area contributed by atoms with Crippen LogP contribution in [0.4, 0.5) is 17.3 Å². The Hall–Kier alpha value is -1.89. The average molecular weight is 239 g/mol. The van der Waals surface area contributed by atoms with E-state index in [-0.39, 0.29) is 11.5 Å². The van der Waals surface area contributed by atoms with Crippen LogP contribution in [-0.4, -0.2) is 16.5 Å². The minimum Gasteiger partial charge on any atom is -0.370 e. The minimum atomic E-state index is -0.472. The highest BCUT2D eigenvalue weighted by molar-refractivity contribution is 5.54. The molecule has 0 saturated heterocycles. The zero-order valence-electron chi connectivity index (χ0n) is 9.77. The van der Waals surface area contributed by atoms with Crippen LogP contribution in [0.3, 0.4) is 0 Å². The number of hydrogen-bond acceptors (Lipinski definition) is 6. The fraction of sp³-hybridized carbons (Fsp3) is 0.500. The van der Waals surface area contributed by atoms with Gasteiger partial charge in [0, 0.05) is 6.54 Å². The maximum Gasteiger partial charge on any atom is 0.276 e. The highest BCUT2D eigenvalue weighted by Crippen LogP contribution is 2.19. The van der Waals surface area contributed by atoms with Crippen molar-refractivity contribution in [2.24, 2.45) is 5.84 Å². The van der Waals surface area contributed by atoms with Crippen LogP contribution in [-0.2, 0) is 0 Å². The number of nitrogens with one attached hydrogen (secondary N) is 2. The third-order valence-corrected chi connectivity index (χ3v) is 2.26. The van der Waals surface area contributed by atoms with Crippen LogP contribution >= 0.6 is 0 Å². The second-order valence-electron chi connectivity index (χ2n) is 3.63. The minimum absolute atomic E-state index is 0.0362. The van der Waals surface area contributed by atoms with E-state index in [2.05, 4.69) is 22.7 Å². The number of hydrogen-bond donors (Lipinski definition) is 3. The Morgan fingerprint density at radius 1 is 1.41 bits per heavy atom. The van der Waals surface area contributed by atoms with Gasteiger partial charge in [-0.2, -0.15) is 0 Å². The third-order valence-electron chi connectivity index (χ3n) is 2.26. The first kappa shape index (κ1) is 13.2. The predicted octanol–water partition coefficient (Wildman–Crippen LogP) is 1.88. The summed E-state index contributed by atoms with van der Waals surface area (Å²) < 4.78 is 0. The van der Waals surface area contributed by atoms with Gasteiger partial charge < -0.3 is 10.7 Å². The normalized spacial score (nSPS) is 10.0. The number of nitrogens with two attached hydrogens (primary N) is 1. The molecule has 0 atom stereocenters. The fourth-order valence-electron chi connectivity index (χ4n) is 1.38. The van der Waals surface area contributed by atoms with Crippen molar-refractivity contribution in [2.45, 2.75) is 26.2 Å². The number of aromatic nitrogens is 1. The predicted molar refractivity (Wildman–Crippen MR) is 66.7 cm³/mol. The third kappa shape index (κ3) is 4.23. The van der Waals surface area contributed by atoms with Gasteiger partial charge in [-0.15, -0.1) is 0 Å². The Balaban J connectivity index is 2.70. The van der Waals surface area contributed by atoms with Crippen molar-refractivity contribution < 1.29 is 4.92 Å². The molecular formula is C10H17N5O2. The summed E-state index contributed by atoms with van der Waals surface area (Å²) in [5.41, 5.74) is 2.27. The van der Waals surface area contributed by atoms with Crippen LogP contribution in [0.2, 0.25) is 0 Å². The van der Waals surface area contributed by atoms with Crippen molar-refractivity contribution >= 4 is 17.3 Å². The number of nitrogen functional groups attached to an aromatic ring is 1. The molecule has 4 N–H and O–H groups in total. The van der Waals surface area contributed by atoms with E-state index < -0.39 is 4.92 Å². The molecule has 1 aromatic heterocycles. The summed E-state index contributed by atoms with van der Waals surface area (Å²) in [4.78, 5) is 14.3. The SMILES string of the molecule is CCCCCNc1cc([N+](=O)[O-])cc(NN)n1. The second kappa shape index (κ2) is 6.64. The molecule has 0 bridgehead atoms. The lowest BCUT2D eigenvalue weighted by molar-refractivity contribution is -0.384. The molecule has 0 amide bonds. The lowest BCUT2D eigenvalue weighted by Crippen LogP contribution is -2.11. The van der Waals surface area contributed by atoms with Gasteiger partial charge in [0.15, 0.2) is 0 Å². The topological polar surface area (TPSA) is 106 Å². The molecule has 0 saturated carbocycles. The zero-order valence-corrected chi connectivity index (χ0v) is 9.77. The van der Waals surface area contributed by atoms with Gasteiger partial charge in [0.25, 0.3) is 5.69 Å². The van der Waals surface area contributed by atoms with Crippen molar-refractivity contribution in [1.82, 2.24) is 4.98 Å². The van der Waals surface area contributed by atoms with Crippen molar-refractivity contribution in [3.8, 4) is 0 Å². The molecule has 1 heterocycles. The zero-order chi connectivity index (χ0) is 12.7. The van der Waals surface area contributed by atoms with Gasteiger partial charge in [-0.05, 0) is 6.42 Å². The lowest BCUT2D eigenvalue weighted by Gasteiger charge is -2.07. The highest BCUT2D eigenvalue weighted by Gasteiger charge is 2.10. The van der Waals surface area contributed by atoms with Crippen LogP contribution in [0.15, 0.2) is 12.1 Å². The molecule has 0 radical (unpaired) electrons. The average Bonchev–Trinajstić information content (AvgIpc) is 2.34. The number of rotatable bonds is 7. The Bertz CT molecular complexity index is 383. The molecule has 7 heteroatoms. The Morgan fingerprint density at radius 2 is 2.12 bits per heavy atom. The van der Waals surface area contributed by atoms with Gasteiger partial charge >= 0.3 is 0 Å². The summed E-state index contributed by atoms with van der Waals surface area (Å²) >= 11 is 0. The van der Waals surface area contributed by atoms with Crippen LogP contribution in [0.25, 0.3) is 0 Å². The van der Waals surface area contributed by atoms with E-state index in [4.69, 9.17) is 5.84 Å². The van der Waals surface area contributed by atoms with Crippen LogP contribution in [0, 0.1) is 10.1 Å². The quantitative estimate of drug-likeness (QED) is 0.290. The van der Waals surface area contributed by atoms with Gasteiger partial charge in [-0.25, -0.2) is 10.8 Å². The smallest absolute Gasteiger partial charge is 0.276 e. The molecule has 7 nitrogen and oxygen atoms in total. The Labute approximate surface area is 99.5 Å². The van der Waals surface area contributed by atoms with Crippen molar-refractivity contribution in [3.05, 3.63) is 22.2 Å². The first-order chi connectivity index (χ1) is 8.17. The largest absolute Gasteiger partial charge is 0.370 e. The molecular weight excluding hydrogens is 222 g/mol. The van der Waals surface area contributed by atoms with Gasteiger partial charge in [0.2, 0.25) is 0 Å². The summed E-state index contributed by atoms with van der Waals surface area (Å²) in [6.45, 7) is 2.86. The standard InChI is InChI=1S/C10H17N5O2/c1-2-3-4-5-12-9-6-8(15(16)17)7-10(13-9)14-11/h6-7H,2-5,11H2,1H3,(H2,12,13,14). The molecule has 0 fully saturated rings. The van der Waals surface area contributed by atoms with Crippen LogP contribution < -0.4 is 16.6 Å². The van der Waals surface area contributed by atoms with Crippen molar-refractivity contribution in [3.63, 3.8) is 0 Å². The summed E-state index contributed by atoms with van der Waals surface area (Å²) in [5.74, 6) is 5.94. The first-order valence-electron chi connectivity index (χ1n) is 5.54. The number of anilines is 2. The molecule has 94 valence electrons. The molecule has 1 aromatic rings. The van der Waals surface area contributed by atoms with E-state index >= 15 is 0 Å². The molecule has 0 aliphatic heterocycles. The van der Waals surface area contributed by atoms with Crippen molar-refractivity contribution in [1.29, 1.82) is 0 Å². The Morgan fingerprint density at radius 3 is 2.71 bits per heavy atom. The van der Waals surface area contributed by atoms with E-state index in [1.54, 1.807) is 0 Å². The molecule has 0 spiro atoms. The molecule has 17 heavy (non-hydrogen) atoms. The van der Waals surface area contributed by atoms with Crippen molar-refractivity contribution in [2.75, 3.05) is 17.3 Å². The summed E-state index contributed by atoms with van der Waals surface area (Å²) in [7, 11) is 0. The summed E-state index contributed by atoms with van der Waals surface area (Å²) in [5, 5.41) is 13.7. The van der Waals surface area contributed by atoms with E-state index in [1.807, 2.05) is 0 Å². The molecule has 0 aromatic carbocycles. The number of nitrogens with zero attached hydrogens (tertiary/aromatic N) is 2. The van der Waals surface area contributed by atoms with Gasteiger partial charge in [-0.3, -0.25) is 10.1 Å². The molecule has 1 rings (SSSR count). The molecule has 0 unspecified atom stereocenters. The first-order valence-corrected chi connectivity index (χ1v) is 5.54. The Kier molecular flexibility index (Phi) is 5.15. The van der Waals surface area contributed by atoms with Crippen LogP contribution in [0.1, 0.15) is 26.2 Å². The summed E-state index contributed by atoms with van der Waals surface area (Å²) in [6.07, 6.45) is 3.25. The maximum absolute atomic E-state index is 10.7. The monoisotopic (exact) mass is 239 g/mol. The van der Waals surface area contributed by atoms with Crippen LogP contribution in [0.5, 0.6) is 0 Å². The molecule has 0 aliphatic carbocycles. The fourth-order valence-corrected chi connectivity index (χ4v) is 1.38. The highest BCUT2D eigenvalue weighted by atomic mass is 16.6. The second-order valence-corrected chi connectivity index (χ2v) is 3.63. The van der Waals surface area contributed by atoms with Gasteiger partial charge in [0.1, 0.15) is 11.6 Å². The lowest BCUT2D eigenvalue weighted by atomic mass is 10.2. The molecule has 0 aliphatic rings. The van der Waals surface area contributed by atoms with E-state index in [0.717, 1.165) is 25.8 Å². The van der Waals surface area contributed by atoms with Gasteiger partial charge in [0.05, 0.1) is 17.1 Å². The number of unbranched alkanes of at least 4 members (excludes halogenated alkanes) is 2.